The number of carbonyl (C=O) groups excluding carboxylic acids is 1. The second-order valence-electron chi connectivity index (χ2n) is 7.68. The van der Waals surface area contributed by atoms with Crippen LogP contribution in [0.2, 0.25) is 0 Å². The molecule has 0 spiro atoms. The van der Waals surface area contributed by atoms with E-state index >= 15 is 0 Å². The molecule has 0 unspecified atom stereocenters. The van der Waals surface area contributed by atoms with E-state index in [4.69, 9.17) is 9.47 Å². The maximum absolute atomic E-state index is 12.5. The van der Waals surface area contributed by atoms with Crippen LogP contribution in [0.15, 0.2) is 47.4 Å². The van der Waals surface area contributed by atoms with Gasteiger partial charge in [0.25, 0.3) is 0 Å². The third-order valence-corrected chi connectivity index (χ3v) is 6.18. The zero-order chi connectivity index (χ0) is 21.1. The summed E-state index contributed by atoms with van der Waals surface area (Å²) in [6.45, 7) is 6.49. The van der Waals surface area contributed by atoms with E-state index in [0.717, 1.165) is 9.87 Å². The van der Waals surface area contributed by atoms with E-state index in [1.54, 1.807) is 0 Å². The Morgan fingerprint density at radius 1 is 1.04 bits per heavy atom. The van der Waals surface area contributed by atoms with Gasteiger partial charge in [0, 0.05) is 14.1 Å². The molecule has 2 aromatic rings. The van der Waals surface area contributed by atoms with Crippen LogP contribution in [-0.4, -0.2) is 39.9 Å². The zero-order valence-electron chi connectivity index (χ0n) is 17.1. The van der Waals surface area contributed by atoms with Gasteiger partial charge in [0.1, 0.15) is 17.3 Å². The quantitative estimate of drug-likeness (QED) is 0.687. The lowest BCUT2D eigenvalue weighted by Gasteiger charge is -2.19. The number of sulfonamides is 1. The van der Waals surface area contributed by atoms with Crippen LogP contribution in [0.25, 0.3) is 0 Å². The molecule has 0 bridgehead atoms. The van der Waals surface area contributed by atoms with E-state index in [1.165, 1.54) is 45.0 Å². The first-order valence-electron chi connectivity index (χ1n) is 8.84. The van der Waals surface area contributed by atoms with Crippen LogP contribution in [-0.2, 0) is 26.8 Å². The summed E-state index contributed by atoms with van der Waals surface area (Å²) in [6.07, 6.45) is 0. The summed E-state index contributed by atoms with van der Waals surface area (Å²) in [5.41, 5.74) is 2.24. The SMILES string of the molecule is COc1ccc(C(=O)OCc2ccc(C(C)(C)C)cc2)cc1S(=O)(=O)N(C)C. The molecule has 0 saturated carbocycles. The highest BCUT2D eigenvalue weighted by Crippen LogP contribution is 2.27. The molecule has 2 aromatic carbocycles. The average Bonchev–Trinajstić information content (AvgIpc) is 2.65. The highest BCUT2D eigenvalue weighted by Gasteiger charge is 2.24. The topological polar surface area (TPSA) is 72.9 Å². The molecule has 0 saturated heterocycles. The van der Waals surface area contributed by atoms with Gasteiger partial charge in [0.05, 0.1) is 12.7 Å². The van der Waals surface area contributed by atoms with Crippen LogP contribution < -0.4 is 4.74 Å². The second-order valence-corrected chi connectivity index (χ2v) is 9.80. The Labute approximate surface area is 167 Å². The van der Waals surface area contributed by atoms with Crippen molar-refractivity contribution >= 4 is 16.0 Å². The molecular formula is C21H27NO5S. The number of carbonyl (C=O) groups is 1. The van der Waals surface area contributed by atoms with Crippen LogP contribution in [0, 0.1) is 0 Å². The largest absolute Gasteiger partial charge is 0.495 e. The fourth-order valence-corrected chi connectivity index (χ4v) is 3.61. The maximum Gasteiger partial charge on any atom is 0.338 e. The number of nitrogens with zero attached hydrogens (tertiary/aromatic N) is 1. The summed E-state index contributed by atoms with van der Waals surface area (Å²) in [7, 11) is 0.453. The summed E-state index contributed by atoms with van der Waals surface area (Å²) in [6, 6.07) is 12.1. The summed E-state index contributed by atoms with van der Waals surface area (Å²) in [5, 5.41) is 0. The monoisotopic (exact) mass is 405 g/mol. The Bertz CT molecular complexity index is 942. The number of benzene rings is 2. The first-order valence-corrected chi connectivity index (χ1v) is 10.3. The van der Waals surface area contributed by atoms with Gasteiger partial charge in [0.15, 0.2) is 0 Å². The van der Waals surface area contributed by atoms with Crippen molar-refractivity contribution in [1.29, 1.82) is 0 Å². The molecule has 0 fully saturated rings. The van der Waals surface area contributed by atoms with E-state index in [9.17, 15) is 13.2 Å². The molecule has 0 atom stereocenters. The van der Waals surface area contributed by atoms with Gasteiger partial charge in [0.2, 0.25) is 10.0 Å². The van der Waals surface area contributed by atoms with Crippen molar-refractivity contribution in [3.05, 3.63) is 59.2 Å². The van der Waals surface area contributed by atoms with Gasteiger partial charge in [-0.1, -0.05) is 45.0 Å². The second kappa shape index (κ2) is 8.32. The highest BCUT2D eigenvalue weighted by atomic mass is 32.2. The molecule has 0 heterocycles. The lowest BCUT2D eigenvalue weighted by molar-refractivity contribution is 0.0472. The van der Waals surface area contributed by atoms with Crippen molar-refractivity contribution in [3.8, 4) is 5.75 Å². The molecule has 0 aliphatic carbocycles. The summed E-state index contributed by atoms with van der Waals surface area (Å²) < 4.78 is 36.5. The Morgan fingerprint density at radius 2 is 1.64 bits per heavy atom. The fraction of sp³-hybridized carbons (Fsp3) is 0.381. The third kappa shape index (κ3) is 4.91. The van der Waals surface area contributed by atoms with Gasteiger partial charge in [-0.3, -0.25) is 0 Å². The van der Waals surface area contributed by atoms with Crippen molar-refractivity contribution in [1.82, 2.24) is 4.31 Å². The summed E-state index contributed by atoms with van der Waals surface area (Å²) >= 11 is 0. The molecular weight excluding hydrogens is 378 g/mol. The molecule has 0 amide bonds. The van der Waals surface area contributed by atoms with Crippen molar-refractivity contribution in [2.24, 2.45) is 0 Å². The Morgan fingerprint density at radius 3 is 2.14 bits per heavy atom. The van der Waals surface area contributed by atoms with E-state index in [0.29, 0.717) is 0 Å². The number of hydrogen-bond donors (Lipinski definition) is 0. The molecule has 7 heteroatoms. The van der Waals surface area contributed by atoms with Gasteiger partial charge >= 0.3 is 5.97 Å². The first kappa shape index (κ1) is 21.9. The van der Waals surface area contributed by atoms with Crippen LogP contribution in [0.3, 0.4) is 0 Å². The Kier molecular flexibility index (Phi) is 6.52. The minimum atomic E-state index is -3.76. The Balaban J connectivity index is 2.19. The predicted molar refractivity (Wildman–Crippen MR) is 108 cm³/mol. The van der Waals surface area contributed by atoms with Gasteiger partial charge < -0.3 is 9.47 Å². The molecule has 152 valence electrons. The summed E-state index contributed by atoms with van der Waals surface area (Å²) in [5.74, 6) is -0.430. The molecule has 2 rings (SSSR count). The van der Waals surface area contributed by atoms with Crippen molar-refractivity contribution < 1.29 is 22.7 Å². The van der Waals surface area contributed by atoms with E-state index in [-0.39, 0.29) is 28.2 Å². The van der Waals surface area contributed by atoms with Crippen LogP contribution in [0.1, 0.15) is 42.3 Å². The van der Waals surface area contributed by atoms with Crippen molar-refractivity contribution in [2.45, 2.75) is 37.7 Å². The molecule has 0 aromatic heterocycles. The highest BCUT2D eigenvalue weighted by molar-refractivity contribution is 7.89. The number of methoxy groups -OCH3 is 1. The minimum absolute atomic E-state index is 0.0482. The smallest absolute Gasteiger partial charge is 0.338 e. The van der Waals surface area contributed by atoms with Crippen molar-refractivity contribution in [3.63, 3.8) is 0 Å². The summed E-state index contributed by atoms with van der Waals surface area (Å²) in [4.78, 5) is 12.3. The maximum atomic E-state index is 12.5. The van der Waals surface area contributed by atoms with Crippen LogP contribution in [0.4, 0.5) is 0 Å². The normalized spacial score (nSPS) is 12.1. The van der Waals surface area contributed by atoms with Gasteiger partial charge in [-0.15, -0.1) is 0 Å². The first-order chi connectivity index (χ1) is 13.0. The molecule has 0 N–H and O–H groups in total. The van der Waals surface area contributed by atoms with Gasteiger partial charge in [-0.25, -0.2) is 17.5 Å². The lowest BCUT2D eigenvalue weighted by Crippen LogP contribution is -2.23. The van der Waals surface area contributed by atoms with Crippen LogP contribution >= 0.6 is 0 Å². The van der Waals surface area contributed by atoms with E-state index in [1.807, 2.05) is 24.3 Å². The minimum Gasteiger partial charge on any atom is -0.495 e. The Hall–Kier alpha value is -2.38. The van der Waals surface area contributed by atoms with Gasteiger partial charge in [-0.05, 0) is 34.7 Å². The number of hydrogen-bond acceptors (Lipinski definition) is 5. The number of rotatable bonds is 6. The van der Waals surface area contributed by atoms with Crippen molar-refractivity contribution in [2.75, 3.05) is 21.2 Å². The third-order valence-electron chi connectivity index (χ3n) is 4.35. The predicted octanol–water partition coefficient (Wildman–Crippen LogP) is 3.60. The average molecular weight is 406 g/mol. The lowest BCUT2D eigenvalue weighted by atomic mass is 9.87. The van der Waals surface area contributed by atoms with Gasteiger partial charge in [-0.2, -0.15) is 0 Å². The molecule has 0 aliphatic heterocycles. The number of ether oxygens (including phenoxy) is 2. The molecule has 28 heavy (non-hydrogen) atoms. The molecule has 6 nitrogen and oxygen atoms in total. The zero-order valence-corrected chi connectivity index (χ0v) is 18.0. The van der Waals surface area contributed by atoms with Crippen LogP contribution in [0.5, 0.6) is 5.75 Å². The molecule has 0 aliphatic rings. The van der Waals surface area contributed by atoms with E-state index in [2.05, 4.69) is 20.8 Å². The molecule has 0 radical (unpaired) electrons. The number of esters is 1. The van der Waals surface area contributed by atoms with E-state index < -0.39 is 16.0 Å². The fourth-order valence-electron chi connectivity index (χ4n) is 2.54. The standard InChI is InChI=1S/C21H27NO5S/c1-21(2,3)17-10-7-15(8-11-17)14-27-20(23)16-9-12-18(26-6)19(13-16)28(24,25)22(4)5/h7-13H,14H2,1-6H3.